The van der Waals surface area contributed by atoms with Crippen LogP contribution in [-0.4, -0.2) is 6.54 Å². The lowest BCUT2D eigenvalue weighted by Crippen LogP contribution is -2.12. The van der Waals surface area contributed by atoms with Gasteiger partial charge in [-0.2, -0.15) is 0 Å². The van der Waals surface area contributed by atoms with Crippen LogP contribution < -0.4 is 5.32 Å². The molecule has 0 aliphatic rings. The van der Waals surface area contributed by atoms with Gasteiger partial charge >= 0.3 is 0 Å². The van der Waals surface area contributed by atoms with Crippen molar-refractivity contribution in [1.29, 1.82) is 0 Å². The maximum Gasteiger partial charge on any atom is 0.194 e. The first-order valence-corrected chi connectivity index (χ1v) is 6.17. The Morgan fingerprint density at radius 2 is 1.60 bits per heavy atom. The van der Waals surface area contributed by atoms with Gasteiger partial charge in [-0.25, -0.2) is 17.6 Å². The van der Waals surface area contributed by atoms with E-state index in [1.807, 2.05) is 6.92 Å². The first-order valence-electron chi connectivity index (χ1n) is 6.17. The maximum absolute atomic E-state index is 13.3. The van der Waals surface area contributed by atoms with E-state index in [0.717, 1.165) is 12.1 Å². The normalized spacial score (nSPS) is 10.8. The van der Waals surface area contributed by atoms with Crippen molar-refractivity contribution in [1.82, 2.24) is 5.32 Å². The molecule has 0 unspecified atom stereocenters. The van der Waals surface area contributed by atoms with Crippen LogP contribution in [-0.2, 0) is 6.54 Å². The van der Waals surface area contributed by atoms with Crippen molar-refractivity contribution in [2.75, 3.05) is 6.54 Å². The molecule has 0 amide bonds. The maximum atomic E-state index is 13.3. The number of nitrogens with one attached hydrogen (secondary N) is 1. The number of benzene rings is 2. The third-order valence-electron chi connectivity index (χ3n) is 2.93. The van der Waals surface area contributed by atoms with E-state index in [9.17, 15) is 17.6 Å². The Hall–Kier alpha value is -1.88. The molecule has 0 radical (unpaired) electrons. The van der Waals surface area contributed by atoms with E-state index in [1.165, 1.54) is 18.2 Å². The molecule has 0 atom stereocenters. The minimum absolute atomic E-state index is 0.175. The van der Waals surface area contributed by atoms with Gasteiger partial charge in [-0.3, -0.25) is 0 Å². The third kappa shape index (κ3) is 2.99. The molecule has 0 fully saturated rings. The van der Waals surface area contributed by atoms with Crippen molar-refractivity contribution in [3.8, 4) is 11.1 Å². The molecule has 0 saturated carbocycles. The van der Waals surface area contributed by atoms with E-state index < -0.39 is 23.3 Å². The number of hydrogen-bond donors (Lipinski definition) is 1. The molecule has 0 aromatic heterocycles. The second-order valence-corrected chi connectivity index (χ2v) is 4.34. The van der Waals surface area contributed by atoms with Gasteiger partial charge in [0, 0.05) is 6.54 Å². The summed E-state index contributed by atoms with van der Waals surface area (Å²) in [6.45, 7) is 2.91. The highest BCUT2D eigenvalue weighted by Gasteiger charge is 2.14. The van der Waals surface area contributed by atoms with Crippen LogP contribution in [0.25, 0.3) is 11.1 Å². The van der Waals surface area contributed by atoms with E-state index in [-0.39, 0.29) is 5.56 Å². The summed E-state index contributed by atoms with van der Waals surface area (Å²) in [5.41, 5.74) is 1.19. The molecule has 0 aliphatic carbocycles. The average Bonchev–Trinajstić information content (AvgIpc) is 2.42. The fraction of sp³-hybridized carbons (Fsp3) is 0.200. The van der Waals surface area contributed by atoms with Crippen LogP contribution in [0, 0.1) is 23.3 Å². The second kappa shape index (κ2) is 6.05. The van der Waals surface area contributed by atoms with Gasteiger partial charge in [-0.1, -0.05) is 13.0 Å². The minimum atomic E-state index is -1.51. The summed E-state index contributed by atoms with van der Waals surface area (Å²) in [6, 6.07) is 5.72. The molecule has 106 valence electrons. The fourth-order valence-corrected chi connectivity index (χ4v) is 1.96. The summed E-state index contributed by atoms with van der Waals surface area (Å²) in [5, 5.41) is 3.01. The Labute approximate surface area is 114 Å². The van der Waals surface area contributed by atoms with Gasteiger partial charge in [0.1, 0.15) is 5.82 Å². The highest BCUT2D eigenvalue weighted by Crippen LogP contribution is 2.27. The molecule has 1 nitrogen and oxygen atoms in total. The lowest BCUT2D eigenvalue weighted by Gasteiger charge is -2.11. The van der Waals surface area contributed by atoms with Gasteiger partial charge in [-0.15, -0.1) is 0 Å². The summed E-state index contributed by atoms with van der Waals surface area (Å²) in [6.07, 6.45) is 0. The summed E-state index contributed by atoms with van der Waals surface area (Å²) in [4.78, 5) is 0. The molecule has 2 aromatic rings. The molecule has 20 heavy (non-hydrogen) atoms. The first-order chi connectivity index (χ1) is 9.52. The van der Waals surface area contributed by atoms with Crippen LogP contribution in [0.1, 0.15) is 12.5 Å². The summed E-state index contributed by atoms with van der Waals surface area (Å²) in [7, 11) is 0. The van der Waals surface area contributed by atoms with Gasteiger partial charge < -0.3 is 5.32 Å². The number of rotatable bonds is 4. The smallest absolute Gasteiger partial charge is 0.194 e. The van der Waals surface area contributed by atoms with Gasteiger partial charge in [0.05, 0.1) is 0 Å². The van der Waals surface area contributed by atoms with Crippen molar-refractivity contribution in [2.45, 2.75) is 13.5 Å². The topological polar surface area (TPSA) is 12.0 Å². The van der Waals surface area contributed by atoms with Crippen molar-refractivity contribution < 1.29 is 17.6 Å². The van der Waals surface area contributed by atoms with Crippen LogP contribution >= 0.6 is 0 Å². The zero-order valence-electron chi connectivity index (χ0n) is 10.8. The van der Waals surface area contributed by atoms with Gasteiger partial charge in [0.15, 0.2) is 17.5 Å². The van der Waals surface area contributed by atoms with Crippen LogP contribution in [0.2, 0.25) is 0 Å². The fourth-order valence-electron chi connectivity index (χ4n) is 1.96. The van der Waals surface area contributed by atoms with Gasteiger partial charge in [0.2, 0.25) is 0 Å². The zero-order valence-corrected chi connectivity index (χ0v) is 10.8. The second-order valence-electron chi connectivity index (χ2n) is 4.34. The molecule has 0 saturated heterocycles. The molecule has 5 heteroatoms. The van der Waals surface area contributed by atoms with Crippen molar-refractivity contribution >= 4 is 0 Å². The molecular formula is C15H13F4N. The van der Waals surface area contributed by atoms with Gasteiger partial charge in [-0.05, 0) is 47.5 Å². The average molecular weight is 283 g/mol. The first kappa shape index (κ1) is 14.5. The summed E-state index contributed by atoms with van der Waals surface area (Å²) in [5.74, 6) is -4.48. The number of halogens is 4. The van der Waals surface area contributed by atoms with Crippen LogP contribution in [0.15, 0.2) is 30.3 Å². The highest BCUT2D eigenvalue weighted by atomic mass is 19.2. The van der Waals surface area contributed by atoms with E-state index in [0.29, 0.717) is 24.2 Å². The van der Waals surface area contributed by atoms with Crippen LogP contribution in [0.5, 0.6) is 0 Å². The van der Waals surface area contributed by atoms with Crippen LogP contribution in [0.4, 0.5) is 17.6 Å². The van der Waals surface area contributed by atoms with Crippen molar-refractivity contribution in [3.63, 3.8) is 0 Å². The zero-order chi connectivity index (χ0) is 14.7. The summed E-state index contributed by atoms with van der Waals surface area (Å²) < 4.78 is 52.8. The Kier molecular flexibility index (Phi) is 4.39. The molecule has 2 rings (SSSR count). The van der Waals surface area contributed by atoms with E-state index in [2.05, 4.69) is 5.32 Å². The number of hydrogen-bond acceptors (Lipinski definition) is 1. The SMILES string of the molecule is CCNCc1cc(F)ccc1-c1cc(F)c(F)c(F)c1. The molecule has 0 bridgehead atoms. The Morgan fingerprint density at radius 1 is 0.950 bits per heavy atom. The van der Waals surface area contributed by atoms with E-state index in [1.54, 1.807) is 0 Å². The standard InChI is InChI=1S/C15H13F4N/c1-2-20-8-10-5-11(16)3-4-12(10)9-6-13(17)15(19)14(18)7-9/h3-7,20H,2,8H2,1H3. The third-order valence-corrected chi connectivity index (χ3v) is 2.93. The molecule has 1 N–H and O–H groups in total. The van der Waals surface area contributed by atoms with Crippen molar-refractivity contribution in [2.24, 2.45) is 0 Å². The predicted octanol–water partition coefficient (Wildman–Crippen LogP) is 4.02. The predicted molar refractivity (Wildman–Crippen MR) is 69.1 cm³/mol. The molecule has 0 spiro atoms. The Bertz CT molecular complexity index is 602. The monoisotopic (exact) mass is 283 g/mol. The lowest BCUT2D eigenvalue weighted by molar-refractivity contribution is 0.447. The molecular weight excluding hydrogens is 270 g/mol. The van der Waals surface area contributed by atoms with E-state index >= 15 is 0 Å². The molecule has 2 aromatic carbocycles. The quantitative estimate of drug-likeness (QED) is 0.660. The summed E-state index contributed by atoms with van der Waals surface area (Å²) >= 11 is 0. The van der Waals surface area contributed by atoms with Crippen LogP contribution in [0.3, 0.4) is 0 Å². The molecule has 0 aliphatic heterocycles. The Balaban J connectivity index is 2.51. The lowest BCUT2D eigenvalue weighted by atomic mass is 9.99. The highest BCUT2D eigenvalue weighted by molar-refractivity contribution is 5.67. The molecule has 0 heterocycles. The van der Waals surface area contributed by atoms with E-state index in [4.69, 9.17) is 0 Å². The largest absolute Gasteiger partial charge is 0.313 e. The minimum Gasteiger partial charge on any atom is -0.313 e. The van der Waals surface area contributed by atoms with Gasteiger partial charge in [0.25, 0.3) is 0 Å². The van der Waals surface area contributed by atoms with Crippen molar-refractivity contribution in [3.05, 3.63) is 59.2 Å². The Morgan fingerprint density at radius 3 is 2.20 bits per heavy atom.